The lowest BCUT2D eigenvalue weighted by molar-refractivity contribution is -0.121. The molecule has 0 unspecified atom stereocenters. The van der Waals surface area contributed by atoms with Gasteiger partial charge in [0.2, 0.25) is 11.8 Å². The van der Waals surface area contributed by atoms with E-state index in [-0.39, 0.29) is 18.2 Å². The maximum absolute atomic E-state index is 12.1. The van der Waals surface area contributed by atoms with E-state index in [0.29, 0.717) is 13.1 Å². The number of hydrogen-bond donors (Lipinski definition) is 1. The van der Waals surface area contributed by atoms with Crippen molar-refractivity contribution in [2.45, 2.75) is 40.2 Å². The van der Waals surface area contributed by atoms with E-state index in [4.69, 9.17) is 0 Å². The van der Waals surface area contributed by atoms with Gasteiger partial charge >= 0.3 is 0 Å². The molecule has 0 aliphatic heterocycles. The van der Waals surface area contributed by atoms with E-state index in [1.54, 1.807) is 24.2 Å². The van der Waals surface area contributed by atoms with Crippen LogP contribution in [-0.2, 0) is 22.6 Å². The van der Waals surface area contributed by atoms with Crippen LogP contribution in [0, 0.1) is 6.92 Å². The normalized spacial score (nSPS) is 10.4. The average molecular weight is 339 g/mol. The van der Waals surface area contributed by atoms with Gasteiger partial charge in [0.15, 0.2) is 0 Å². The van der Waals surface area contributed by atoms with Crippen LogP contribution in [-0.4, -0.2) is 23.3 Å². The number of para-hydroxylation sites is 1. The van der Waals surface area contributed by atoms with Crippen LogP contribution < -0.4 is 10.2 Å². The number of aryl methyl sites for hydroxylation is 2. The van der Waals surface area contributed by atoms with Crippen LogP contribution in [0.15, 0.2) is 42.7 Å². The van der Waals surface area contributed by atoms with Crippen molar-refractivity contribution in [1.82, 2.24) is 10.3 Å². The Balaban J connectivity index is 2.01. The van der Waals surface area contributed by atoms with E-state index in [9.17, 15) is 9.59 Å². The van der Waals surface area contributed by atoms with Gasteiger partial charge in [-0.3, -0.25) is 14.6 Å². The summed E-state index contributed by atoms with van der Waals surface area (Å²) in [7, 11) is 0. The summed E-state index contributed by atoms with van der Waals surface area (Å²) < 4.78 is 0. The topological polar surface area (TPSA) is 62.3 Å². The van der Waals surface area contributed by atoms with Crippen LogP contribution in [0.1, 0.15) is 37.0 Å². The highest BCUT2D eigenvalue weighted by atomic mass is 16.2. The fourth-order valence-electron chi connectivity index (χ4n) is 2.82. The van der Waals surface area contributed by atoms with E-state index < -0.39 is 0 Å². The third kappa shape index (κ3) is 5.14. The van der Waals surface area contributed by atoms with Gasteiger partial charge in [0, 0.05) is 44.5 Å². The SMILES string of the molecule is CCc1cccc(C)c1N(CCC(=O)NCc1cccnc1)C(C)=O. The van der Waals surface area contributed by atoms with E-state index in [2.05, 4.69) is 17.2 Å². The third-order valence-corrected chi connectivity index (χ3v) is 4.13. The van der Waals surface area contributed by atoms with Crippen LogP contribution in [0.4, 0.5) is 5.69 Å². The summed E-state index contributed by atoms with van der Waals surface area (Å²) in [5, 5.41) is 2.87. The fraction of sp³-hybridized carbons (Fsp3) is 0.350. The molecule has 0 spiro atoms. The molecule has 0 bridgehead atoms. The van der Waals surface area contributed by atoms with E-state index in [1.807, 2.05) is 37.3 Å². The summed E-state index contributed by atoms with van der Waals surface area (Å²) >= 11 is 0. The summed E-state index contributed by atoms with van der Waals surface area (Å²) in [6.45, 7) is 6.41. The molecule has 1 heterocycles. The van der Waals surface area contributed by atoms with E-state index in [1.165, 1.54) is 0 Å². The van der Waals surface area contributed by atoms with Crippen LogP contribution in [0.5, 0.6) is 0 Å². The second-order valence-corrected chi connectivity index (χ2v) is 5.99. The van der Waals surface area contributed by atoms with Gasteiger partial charge < -0.3 is 10.2 Å². The minimum Gasteiger partial charge on any atom is -0.352 e. The Kier molecular flexibility index (Phi) is 6.69. The smallest absolute Gasteiger partial charge is 0.223 e. The fourth-order valence-corrected chi connectivity index (χ4v) is 2.82. The number of anilines is 1. The Bertz CT molecular complexity index is 729. The van der Waals surface area contributed by atoms with Crippen molar-refractivity contribution in [3.63, 3.8) is 0 Å². The van der Waals surface area contributed by atoms with Gasteiger partial charge in [-0.1, -0.05) is 31.2 Å². The average Bonchev–Trinajstić information content (AvgIpc) is 2.61. The van der Waals surface area contributed by atoms with Crippen molar-refractivity contribution >= 4 is 17.5 Å². The molecular weight excluding hydrogens is 314 g/mol. The molecule has 1 aromatic carbocycles. The second kappa shape index (κ2) is 8.97. The molecule has 1 N–H and O–H groups in total. The summed E-state index contributed by atoms with van der Waals surface area (Å²) in [4.78, 5) is 30.0. The lowest BCUT2D eigenvalue weighted by atomic mass is 10.0. The van der Waals surface area contributed by atoms with E-state index >= 15 is 0 Å². The summed E-state index contributed by atoms with van der Waals surface area (Å²) in [5.74, 6) is -0.134. The van der Waals surface area contributed by atoms with Crippen molar-refractivity contribution in [1.29, 1.82) is 0 Å². The minimum absolute atomic E-state index is 0.0518. The first kappa shape index (κ1) is 18.6. The van der Waals surface area contributed by atoms with Gasteiger partial charge in [-0.25, -0.2) is 0 Å². The van der Waals surface area contributed by atoms with Crippen molar-refractivity contribution in [3.05, 3.63) is 59.4 Å². The Morgan fingerprint density at radius 2 is 2.00 bits per heavy atom. The molecule has 0 fully saturated rings. The van der Waals surface area contributed by atoms with Gasteiger partial charge in [0.05, 0.1) is 0 Å². The van der Waals surface area contributed by atoms with Gasteiger partial charge in [-0.2, -0.15) is 0 Å². The minimum atomic E-state index is -0.0817. The molecule has 0 atom stereocenters. The van der Waals surface area contributed by atoms with Crippen molar-refractivity contribution in [2.24, 2.45) is 0 Å². The van der Waals surface area contributed by atoms with Crippen molar-refractivity contribution in [2.75, 3.05) is 11.4 Å². The third-order valence-electron chi connectivity index (χ3n) is 4.13. The number of rotatable bonds is 7. The maximum atomic E-state index is 12.1. The lowest BCUT2D eigenvalue weighted by Gasteiger charge is -2.25. The highest BCUT2D eigenvalue weighted by Crippen LogP contribution is 2.26. The number of hydrogen-bond acceptors (Lipinski definition) is 3. The number of aromatic nitrogens is 1. The molecule has 0 saturated carbocycles. The molecular formula is C20H25N3O2. The van der Waals surface area contributed by atoms with Crippen LogP contribution in [0.3, 0.4) is 0 Å². The summed E-state index contributed by atoms with van der Waals surface area (Å²) in [5.41, 5.74) is 4.04. The molecule has 5 heteroatoms. The first-order valence-electron chi connectivity index (χ1n) is 8.55. The molecule has 1 aromatic heterocycles. The number of carbonyl (C=O) groups excluding carboxylic acids is 2. The van der Waals surface area contributed by atoms with Crippen molar-refractivity contribution < 1.29 is 9.59 Å². The number of pyridine rings is 1. The second-order valence-electron chi connectivity index (χ2n) is 5.99. The van der Waals surface area contributed by atoms with E-state index in [0.717, 1.165) is 28.8 Å². The Morgan fingerprint density at radius 1 is 1.20 bits per heavy atom. The molecule has 25 heavy (non-hydrogen) atoms. The zero-order valence-corrected chi connectivity index (χ0v) is 15.1. The van der Waals surface area contributed by atoms with Crippen LogP contribution in [0.2, 0.25) is 0 Å². The predicted octanol–water partition coefficient (Wildman–Crippen LogP) is 3.01. The van der Waals surface area contributed by atoms with Gasteiger partial charge in [0.1, 0.15) is 0 Å². The highest BCUT2D eigenvalue weighted by Gasteiger charge is 2.18. The maximum Gasteiger partial charge on any atom is 0.223 e. The molecule has 2 amide bonds. The number of carbonyl (C=O) groups is 2. The molecule has 0 aliphatic rings. The number of benzene rings is 1. The number of amides is 2. The molecule has 2 aromatic rings. The van der Waals surface area contributed by atoms with Gasteiger partial charge in [0.25, 0.3) is 0 Å². The largest absolute Gasteiger partial charge is 0.352 e. The summed E-state index contributed by atoms with van der Waals surface area (Å²) in [6, 6.07) is 9.77. The quantitative estimate of drug-likeness (QED) is 0.843. The standard InChI is InChI=1S/C20H25N3O2/c1-4-18-9-5-7-15(2)20(18)23(16(3)24)12-10-19(25)22-14-17-8-6-11-21-13-17/h5-9,11,13H,4,10,12,14H2,1-3H3,(H,22,25). The van der Waals surface area contributed by atoms with Crippen molar-refractivity contribution in [3.8, 4) is 0 Å². The molecule has 132 valence electrons. The first-order valence-corrected chi connectivity index (χ1v) is 8.55. The van der Waals surface area contributed by atoms with Crippen LogP contribution in [0.25, 0.3) is 0 Å². The number of nitrogens with zero attached hydrogens (tertiary/aromatic N) is 2. The number of nitrogens with one attached hydrogen (secondary N) is 1. The Hall–Kier alpha value is -2.69. The molecule has 0 aliphatic carbocycles. The molecule has 0 saturated heterocycles. The van der Waals surface area contributed by atoms with Gasteiger partial charge in [-0.05, 0) is 36.1 Å². The molecule has 2 rings (SSSR count). The van der Waals surface area contributed by atoms with Gasteiger partial charge in [-0.15, -0.1) is 0 Å². The first-order chi connectivity index (χ1) is 12.0. The Morgan fingerprint density at radius 3 is 2.64 bits per heavy atom. The molecule has 0 radical (unpaired) electrons. The zero-order valence-electron chi connectivity index (χ0n) is 15.1. The molecule has 5 nitrogen and oxygen atoms in total. The lowest BCUT2D eigenvalue weighted by Crippen LogP contribution is -2.34. The Labute approximate surface area is 149 Å². The van der Waals surface area contributed by atoms with Crippen LogP contribution >= 0.6 is 0 Å². The summed E-state index contributed by atoms with van der Waals surface area (Å²) in [6.07, 6.45) is 4.53. The predicted molar refractivity (Wildman–Crippen MR) is 99.3 cm³/mol. The highest BCUT2D eigenvalue weighted by molar-refractivity contribution is 5.94. The monoisotopic (exact) mass is 339 g/mol. The zero-order chi connectivity index (χ0) is 18.2.